The van der Waals surface area contributed by atoms with Gasteiger partial charge in [0.2, 0.25) is 11.8 Å². The highest BCUT2D eigenvalue weighted by Crippen LogP contribution is 2.18. The van der Waals surface area contributed by atoms with Crippen LogP contribution in [-0.2, 0) is 19.1 Å². The lowest BCUT2D eigenvalue weighted by molar-refractivity contribution is -0.117. The van der Waals surface area contributed by atoms with Gasteiger partial charge in [-0.1, -0.05) is 25.7 Å². The molecule has 0 saturated carbocycles. The smallest absolute Gasteiger partial charge is 0.224 e. The van der Waals surface area contributed by atoms with Gasteiger partial charge in [-0.3, -0.25) is 9.59 Å². The molecular formula is C28H40N2O6. The van der Waals surface area contributed by atoms with E-state index in [-0.39, 0.29) is 11.8 Å². The molecule has 0 fully saturated rings. The van der Waals surface area contributed by atoms with E-state index in [1.54, 1.807) is 14.2 Å². The monoisotopic (exact) mass is 500 g/mol. The van der Waals surface area contributed by atoms with Crippen LogP contribution in [0.3, 0.4) is 0 Å². The highest BCUT2D eigenvalue weighted by molar-refractivity contribution is 5.91. The first-order chi connectivity index (χ1) is 17.6. The molecule has 198 valence electrons. The van der Waals surface area contributed by atoms with Gasteiger partial charge in [-0.05, 0) is 61.4 Å². The molecule has 0 aliphatic rings. The SMILES string of the molecule is COCCOc1ccc(NC(=O)CCCCCCCCC(=O)Nc2ccc(OCCOC)cc2)cc1. The highest BCUT2D eigenvalue weighted by atomic mass is 16.5. The number of unbranched alkanes of at least 4 members (excludes halogenated alkanes) is 5. The Morgan fingerprint density at radius 1 is 0.556 bits per heavy atom. The fraction of sp³-hybridized carbons (Fsp3) is 0.500. The largest absolute Gasteiger partial charge is 0.491 e. The summed E-state index contributed by atoms with van der Waals surface area (Å²) in [6, 6.07) is 14.7. The summed E-state index contributed by atoms with van der Waals surface area (Å²) in [7, 11) is 3.27. The molecule has 0 aromatic heterocycles. The van der Waals surface area contributed by atoms with Crippen LogP contribution < -0.4 is 20.1 Å². The first kappa shape index (κ1) is 29.1. The lowest BCUT2D eigenvalue weighted by Gasteiger charge is -2.08. The Balaban J connectivity index is 1.47. The first-order valence-electron chi connectivity index (χ1n) is 12.6. The van der Waals surface area contributed by atoms with Crippen LogP contribution in [-0.4, -0.2) is 52.5 Å². The molecule has 0 bridgehead atoms. The number of hydrogen-bond acceptors (Lipinski definition) is 6. The fourth-order valence-electron chi connectivity index (χ4n) is 3.48. The van der Waals surface area contributed by atoms with Crippen LogP contribution in [0.1, 0.15) is 51.4 Å². The zero-order chi connectivity index (χ0) is 25.8. The van der Waals surface area contributed by atoms with Crippen molar-refractivity contribution in [2.75, 3.05) is 51.3 Å². The summed E-state index contributed by atoms with van der Waals surface area (Å²) < 4.78 is 20.9. The van der Waals surface area contributed by atoms with Gasteiger partial charge in [0.25, 0.3) is 0 Å². The van der Waals surface area contributed by atoms with E-state index >= 15 is 0 Å². The first-order valence-corrected chi connectivity index (χ1v) is 12.6. The Morgan fingerprint density at radius 3 is 1.28 bits per heavy atom. The van der Waals surface area contributed by atoms with Crippen molar-refractivity contribution >= 4 is 23.2 Å². The minimum Gasteiger partial charge on any atom is -0.491 e. The third kappa shape index (κ3) is 13.1. The Labute approximate surface area is 214 Å². The van der Waals surface area contributed by atoms with E-state index < -0.39 is 0 Å². The molecule has 0 aliphatic heterocycles. The number of anilines is 2. The third-order valence-electron chi connectivity index (χ3n) is 5.45. The molecule has 2 aromatic carbocycles. The Bertz CT molecular complexity index is 797. The predicted molar refractivity (Wildman–Crippen MR) is 142 cm³/mol. The number of methoxy groups -OCH3 is 2. The number of amides is 2. The van der Waals surface area contributed by atoms with Gasteiger partial charge in [0.05, 0.1) is 13.2 Å². The van der Waals surface area contributed by atoms with Crippen LogP contribution in [0.5, 0.6) is 11.5 Å². The highest BCUT2D eigenvalue weighted by Gasteiger charge is 2.05. The van der Waals surface area contributed by atoms with E-state index in [0.29, 0.717) is 39.3 Å². The second kappa shape index (κ2) is 18.2. The van der Waals surface area contributed by atoms with Crippen molar-refractivity contribution in [2.24, 2.45) is 0 Å². The van der Waals surface area contributed by atoms with Crippen LogP contribution in [0, 0.1) is 0 Å². The van der Waals surface area contributed by atoms with Crippen molar-refractivity contribution in [3.05, 3.63) is 48.5 Å². The van der Waals surface area contributed by atoms with E-state index in [0.717, 1.165) is 61.4 Å². The maximum atomic E-state index is 12.1. The summed E-state index contributed by atoms with van der Waals surface area (Å²) in [4.78, 5) is 24.3. The van der Waals surface area contributed by atoms with Crippen molar-refractivity contribution in [1.29, 1.82) is 0 Å². The quantitative estimate of drug-likeness (QED) is 0.250. The topological polar surface area (TPSA) is 95.1 Å². The van der Waals surface area contributed by atoms with E-state index in [9.17, 15) is 9.59 Å². The van der Waals surface area contributed by atoms with Gasteiger partial charge in [0.15, 0.2) is 0 Å². The zero-order valence-corrected chi connectivity index (χ0v) is 21.6. The van der Waals surface area contributed by atoms with Gasteiger partial charge >= 0.3 is 0 Å². The van der Waals surface area contributed by atoms with Crippen molar-refractivity contribution in [3.8, 4) is 11.5 Å². The van der Waals surface area contributed by atoms with E-state index in [1.165, 1.54) is 0 Å². The molecule has 0 saturated heterocycles. The van der Waals surface area contributed by atoms with Crippen molar-refractivity contribution in [3.63, 3.8) is 0 Å². The molecule has 36 heavy (non-hydrogen) atoms. The van der Waals surface area contributed by atoms with Gasteiger partial charge in [0.1, 0.15) is 24.7 Å². The zero-order valence-electron chi connectivity index (χ0n) is 21.6. The number of carbonyl (C=O) groups is 2. The molecule has 2 rings (SSSR count). The Morgan fingerprint density at radius 2 is 0.917 bits per heavy atom. The summed E-state index contributed by atoms with van der Waals surface area (Å²) in [5.74, 6) is 1.55. The van der Waals surface area contributed by atoms with Crippen LogP contribution >= 0.6 is 0 Å². The summed E-state index contributed by atoms with van der Waals surface area (Å²) in [5, 5.41) is 5.84. The molecular weight excluding hydrogens is 460 g/mol. The number of ether oxygens (including phenoxy) is 4. The average Bonchev–Trinajstić information content (AvgIpc) is 2.88. The van der Waals surface area contributed by atoms with Crippen LogP contribution in [0.15, 0.2) is 48.5 Å². The van der Waals surface area contributed by atoms with Gasteiger partial charge in [-0.2, -0.15) is 0 Å². The summed E-state index contributed by atoms with van der Waals surface area (Å²) in [5.41, 5.74) is 1.53. The van der Waals surface area contributed by atoms with Crippen molar-refractivity contribution in [1.82, 2.24) is 0 Å². The summed E-state index contributed by atoms with van der Waals surface area (Å²) in [6.45, 7) is 2.07. The molecule has 2 aromatic rings. The molecule has 0 atom stereocenters. The van der Waals surface area contributed by atoms with Gasteiger partial charge in [-0.25, -0.2) is 0 Å². The lowest BCUT2D eigenvalue weighted by atomic mass is 10.1. The third-order valence-corrected chi connectivity index (χ3v) is 5.45. The van der Waals surface area contributed by atoms with Crippen LogP contribution in [0.2, 0.25) is 0 Å². The molecule has 0 heterocycles. The van der Waals surface area contributed by atoms with Gasteiger partial charge in [0, 0.05) is 38.4 Å². The number of nitrogens with one attached hydrogen (secondary N) is 2. The average molecular weight is 501 g/mol. The maximum Gasteiger partial charge on any atom is 0.224 e. The normalized spacial score (nSPS) is 10.6. The van der Waals surface area contributed by atoms with Crippen molar-refractivity contribution < 1.29 is 28.5 Å². The molecule has 0 radical (unpaired) electrons. The molecule has 2 N–H and O–H groups in total. The number of carbonyl (C=O) groups excluding carboxylic acids is 2. The van der Waals surface area contributed by atoms with E-state index in [2.05, 4.69) is 10.6 Å². The number of hydrogen-bond donors (Lipinski definition) is 2. The second-order valence-electron chi connectivity index (χ2n) is 8.45. The van der Waals surface area contributed by atoms with Crippen LogP contribution in [0.25, 0.3) is 0 Å². The van der Waals surface area contributed by atoms with Crippen molar-refractivity contribution in [2.45, 2.75) is 51.4 Å². The minimum absolute atomic E-state index is 0.0225. The van der Waals surface area contributed by atoms with Gasteiger partial charge < -0.3 is 29.6 Å². The Kier molecular flexibility index (Phi) is 14.7. The molecule has 8 heteroatoms. The minimum atomic E-state index is 0.0225. The number of rotatable bonds is 19. The molecule has 0 unspecified atom stereocenters. The van der Waals surface area contributed by atoms with E-state index in [1.807, 2.05) is 48.5 Å². The lowest BCUT2D eigenvalue weighted by Crippen LogP contribution is -2.11. The maximum absolute atomic E-state index is 12.1. The van der Waals surface area contributed by atoms with Crippen LogP contribution in [0.4, 0.5) is 11.4 Å². The molecule has 0 spiro atoms. The molecule has 8 nitrogen and oxygen atoms in total. The second-order valence-corrected chi connectivity index (χ2v) is 8.45. The summed E-state index contributed by atoms with van der Waals surface area (Å²) in [6.07, 6.45) is 6.86. The standard InChI is InChI=1S/C28H40N2O6/c1-33-19-21-35-25-15-11-23(12-16-25)29-27(31)9-7-5-3-4-6-8-10-28(32)30-24-13-17-26(18-14-24)36-22-20-34-2/h11-18H,3-10,19-22H2,1-2H3,(H,29,31)(H,30,32). The number of benzene rings is 2. The Hall–Kier alpha value is -3.10. The molecule has 0 aliphatic carbocycles. The van der Waals surface area contributed by atoms with Gasteiger partial charge in [-0.15, -0.1) is 0 Å². The molecule has 2 amide bonds. The summed E-state index contributed by atoms with van der Waals surface area (Å²) >= 11 is 0. The van der Waals surface area contributed by atoms with E-state index in [4.69, 9.17) is 18.9 Å². The predicted octanol–water partition coefficient (Wildman–Crippen LogP) is 5.44. The fourth-order valence-corrected chi connectivity index (χ4v) is 3.48.